The Hall–Kier alpha value is -1.31. The van der Waals surface area contributed by atoms with Crippen LogP contribution in [0.1, 0.15) is 61.3 Å². The first kappa shape index (κ1) is 18.7. The Morgan fingerprint density at radius 3 is 2.15 bits per heavy atom. The Bertz CT molecular complexity index is 407. The van der Waals surface area contributed by atoms with Gasteiger partial charge in [0.2, 0.25) is 0 Å². The van der Waals surface area contributed by atoms with Crippen LogP contribution in [0.2, 0.25) is 0 Å². The zero-order valence-electron chi connectivity index (χ0n) is 14.2. The van der Waals surface area contributed by atoms with Crippen LogP contribution in [0.25, 0.3) is 0 Å². The zero-order valence-corrected chi connectivity index (χ0v) is 14.2. The van der Waals surface area contributed by atoms with E-state index in [1.54, 1.807) is 6.08 Å². The number of carbonyl (C=O) groups is 1. The zero-order chi connectivity index (χ0) is 15.7. The molecule has 0 rings (SSSR count). The number of allylic oxidation sites excluding steroid dienone is 5. The summed E-state index contributed by atoms with van der Waals surface area (Å²) in [5, 5.41) is 0. The third-order valence-electron chi connectivity index (χ3n) is 3.28. The Morgan fingerprint density at radius 2 is 1.65 bits per heavy atom. The molecular weight excluding hydrogens is 248 g/mol. The maximum atomic E-state index is 11.3. The second-order valence-electron chi connectivity index (χ2n) is 5.92. The molecule has 0 aromatic rings. The summed E-state index contributed by atoms with van der Waals surface area (Å²) in [5.74, 6) is 0.360. The van der Waals surface area contributed by atoms with Crippen molar-refractivity contribution >= 4 is 5.97 Å². The molecular formula is C18H30O2. The van der Waals surface area contributed by atoms with Gasteiger partial charge in [0.05, 0.1) is 6.61 Å². The molecule has 0 radical (unpaired) electrons. The van der Waals surface area contributed by atoms with Crippen molar-refractivity contribution in [1.29, 1.82) is 0 Å². The Kier molecular flexibility index (Phi) is 8.94. The molecule has 2 heteroatoms. The van der Waals surface area contributed by atoms with E-state index in [1.807, 2.05) is 13.8 Å². The fourth-order valence-corrected chi connectivity index (χ4v) is 2.21. The maximum absolute atomic E-state index is 11.3. The highest BCUT2D eigenvalue weighted by atomic mass is 16.5. The lowest BCUT2D eigenvalue weighted by molar-refractivity contribution is -0.137. The van der Waals surface area contributed by atoms with E-state index < -0.39 is 0 Å². The van der Waals surface area contributed by atoms with Crippen LogP contribution < -0.4 is 0 Å². The number of hydrogen-bond acceptors (Lipinski definition) is 2. The van der Waals surface area contributed by atoms with Crippen molar-refractivity contribution in [2.75, 3.05) is 6.61 Å². The van der Waals surface area contributed by atoms with Gasteiger partial charge in [0.15, 0.2) is 0 Å². The quantitative estimate of drug-likeness (QED) is 0.276. The molecule has 0 bridgehead atoms. The van der Waals surface area contributed by atoms with E-state index >= 15 is 0 Å². The molecule has 0 N–H and O–H groups in total. The summed E-state index contributed by atoms with van der Waals surface area (Å²) in [6.07, 6.45) is 5.82. The summed E-state index contributed by atoms with van der Waals surface area (Å²) >= 11 is 0. The molecule has 0 aromatic carbocycles. The van der Waals surface area contributed by atoms with E-state index in [9.17, 15) is 4.79 Å². The van der Waals surface area contributed by atoms with Crippen molar-refractivity contribution in [3.63, 3.8) is 0 Å². The Balaban J connectivity index is 4.52. The molecule has 1 unspecified atom stereocenters. The highest BCUT2D eigenvalue weighted by molar-refractivity contribution is 5.83. The van der Waals surface area contributed by atoms with Crippen LogP contribution in [0.4, 0.5) is 0 Å². The number of rotatable bonds is 7. The lowest BCUT2D eigenvalue weighted by atomic mass is 9.93. The van der Waals surface area contributed by atoms with E-state index in [0.29, 0.717) is 12.5 Å². The van der Waals surface area contributed by atoms with Crippen molar-refractivity contribution in [3.8, 4) is 0 Å². The maximum Gasteiger partial charge on any atom is 0.330 e. The first-order chi connectivity index (χ1) is 9.26. The molecule has 20 heavy (non-hydrogen) atoms. The molecule has 0 saturated heterocycles. The van der Waals surface area contributed by atoms with Crippen LogP contribution in [-0.2, 0) is 9.53 Å². The Morgan fingerprint density at radius 1 is 1.05 bits per heavy atom. The smallest absolute Gasteiger partial charge is 0.330 e. The monoisotopic (exact) mass is 278 g/mol. The topological polar surface area (TPSA) is 26.3 Å². The van der Waals surface area contributed by atoms with Crippen LogP contribution in [-0.4, -0.2) is 12.6 Å². The van der Waals surface area contributed by atoms with E-state index in [4.69, 9.17) is 4.74 Å². The summed E-state index contributed by atoms with van der Waals surface area (Å²) in [4.78, 5) is 11.3. The van der Waals surface area contributed by atoms with Crippen molar-refractivity contribution < 1.29 is 9.53 Å². The summed E-state index contributed by atoms with van der Waals surface area (Å²) in [6, 6.07) is 0. The third kappa shape index (κ3) is 8.73. The average Bonchev–Trinajstić information content (AvgIpc) is 2.27. The Labute approximate surface area is 124 Å². The van der Waals surface area contributed by atoms with Gasteiger partial charge < -0.3 is 4.74 Å². The van der Waals surface area contributed by atoms with Crippen LogP contribution >= 0.6 is 0 Å². The largest absolute Gasteiger partial charge is 0.463 e. The molecule has 0 aromatic heterocycles. The standard InChI is InChI=1S/C18H30O2/c1-8-20-18(19)12-16(6)10-14(4)9-15(5)11-17(7)13(2)3/h10,12,15H,8-9,11H2,1-7H3/b14-10+,16-12+. The highest BCUT2D eigenvalue weighted by Crippen LogP contribution is 2.21. The SMILES string of the molecule is CCOC(=O)/C=C(C)/C=C(\C)CC(C)CC(C)=C(C)C. The van der Waals surface area contributed by atoms with Crippen LogP contribution in [0.5, 0.6) is 0 Å². The number of ether oxygens (including phenoxy) is 1. The van der Waals surface area contributed by atoms with E-state index in [-0.39, 0.29) is 5.97 Å². The second-order valence-corrected chi connectivity index (χ2v) is 5.92. The summed E-state index contributed by atoms with van der Waals surface area (Å²) < 4.78 is 4.90. The van der Waals surface area contributed by atoms with Crippen LogP contribution in [0.15, 0.2) is 34.4 Å². The first-order valence-electron chi connectivity index (χ1n) is 7.41. The van der Waals surface area contributed by atoms with Crippen molar-refractivity contribution in [2.45, 2.75) is 61.3 Å². The van der Waals surface area contributed by atoms with Gasteiger partial charge in [-0.2, -0.15) is 0 Å². The fourth-order valence-electron chi connectivity index (χ4n) is 2.21. The predicted molar refractivity (Wildman–Crippen MR) is 86.6 cm³/mol. The highest BCUT2D eigenvalue weighted by Gasteiger charge is 2.05. The third-order valence-corrected chi connectivity index (χ3v) is 3.28. The number of hydrogen-bond donors (Lipinski definition) is 0. The van der Waals surface area contributed by atoms with Gasteiger partial charge in [0, 0.05) is 6.08 Å². The minimum Gasteiger partial charge on any atom is -0.463 e. The van der Waals surface area contributed by atoms with Gasteiger partial charge in [-0.1, -0.05) is 29.7 Å². The van der Waals surface area contributed by atoms with Crippen molar-refractivity contribution in [2.24, 2.45) is 5.92 Å². The van der Waals surface area contributed by atoms with E-state index in [0.717, 1.165) is 18.4 Å². The van der Waals surface area contributed by atoms with Gasteiger partial charge >= 0.3 is 5.97 Å². The van der Waals surface area contributed by atoms with Gasteiger partial charge in [-0.15, -0.1) is 0 Å². The van der Waals surface area contributed by atoms with Gasteiger partial charge in [-0.3, -0.25) is 0 Å². The molecule has 0 saturated carbocycles. The lowest BCUT2D eigenvalue weighted by Crippen LogP contribution is -2.00. The molecule has 0 amide bonds. The van der Waals surface area contributed by atoms with E-state index in [2.05, 4.69) is 40.7 Å². The summed E-state index contributed by atoms with van der Waals surface area (Å²) in [5.41, 5.74) is 5.14. The molecule has 0 aliphatic carbocycles. The fraction of sp³-hybridized carbons (Fsp3) is 0.611. The van der Waals surface area contributed by atoms with Crippen LogP contribution in [0.3, 0.4) is 0 Å². The molecule has 1 atom stereocenters. The molecule has 2 nitrogen and oxygen atoms in total. The summed E-state index contributed by atoms with van der Waals surface area (Å²) in [6.45, 7) is 15.1. The molecule has 0 fully saturated rings. The van der Waals surface area contributed by atoms with Crippen LogP contribution in [0, 0.1) is 5.92 Å². The minimum atomic E-state index is -0.262. The molecule has 0 aliphatic heterocycles. The number of carbonyl (C=O) groups excluding carboxylic acids is 1. The molecule has 0 spiro atoms. The molecule has 0 heterocycles. The van der Waals surface area contributed by atoms with Gasteiger partial charge in [-0.05, 0) is 65.9 Å². The summed E-state index contributed by atoms with van der Waals surface area (Å²) in [7, 11) is 0. The first-order valence-corrected chi connectivity index (χ1v) is 7.41. The lowest BCUT2D eigenvalue weighted by Gasteiger charge is -2.13. The second kappa shape index (κ2) is 9.57. The van der Waals surface area contributed by atoms with Gasteiger partial charge in [-0.25, -0.2) is 4.79 Å². The molecule has 0 aliphatic rings. The van der Waals surface area contributed by atoms with E-state index in [1.165, 1.54) is 16.7 Å². The normalized spacial score (nSPS) is 13.9. The minimum absolute atomic E-state index is 0.262. The average molecular weight is 278 g/mol. The van der Waals surface area contributed by atoms with Gasteiger partial charge in [0.25, 0.3) is 0 Å². The van der Waals surface area contributed by atoms with Crippen molar-refractivity contribution in [1.82, 2.24) is 0 Å². The number of esters is 1. The molecule has 114 valence electrons. The predicted octanol–water partition coefficient (Wildman–Crippen LogP) is 5.21. The van der Waals surface area contributed by atoms with Gasteiger partial charge in [0.1, 0.15) is 0 Å². The van der Waals surface area contributed by atoms with Crippen molar-refractivity contribution in [3.05, 3.63) is 34.4 Å².